The van der Waals surface area contributed by atoms with Gasteiger partial charge < -0.3 is 5.32 Å². The quantitative estimate of drug-likeness (QED) is 0.740. The van der Waals surface area contributed by atoms with E-state index in [4.69, 9.17) is 0 Å². The highest BCUT2D eigenvalue weighted by Gasteiger charge is 2.13. The molecular weight excluding hydrogens is 344 g/mol. The molecule has 0 fully saturated rings. The van der Waals surface area contributed by atoms with Crippen LogP contribution in [0.2, 0.25) is 0 Å². The normalized spacial score (nSPS) is 12.8. The highest BCUT2D eigenvalue weighted by molar-refractivity contribution is 9.10. The molecule has 0 bridgehead atoms. The van der Waals surface area contributed by atoms with Crippen LogP contribution in [0.5, 0.6) is 0 Å². The molecule has 2 nitrogen and oxygen atoms in total. The standard InChI is InChI=1S/C17H23BrN2S/c1-13(2)9-19-10-14(8-16-11-21-12-20-16)7-15-5-3-4-6-17(15)18/h3-6,11-14,19H,7-10H2,1-2H3. The van der Waals surface area contributed by atoms with Crippen molar-refractivity contribution in [3.63, 3.8) is 0 Å². The zero-order valence-electron chi connectivity index (χ0n) is 12.7. The Kier molecular flexibility index (Phi) is 6.87. The van der Waals surface area contributed by atoms with E-state index in [1.54, 1.807) is 11.3 Å². The molecule has 1 aromatic carbocycles. The lowest BCUT2D eigenvalue weighted by Gasteiger charge is -2.18. The van der Waals surface area contributed by atoms with Crippen molar-refractivity contribution in [2.24, 2.45) is 11.8 Å². The second-order valence-corrected chi connectivity index (χ2v) is 7.47. The van der Waals surface area contributed by atoms with Crippen LogP contribution in [0.3, 0.4) is 0 Å². The lowest BCUT2D eigenvalue weighted by atomic mass is 9.94. The van der Waals surface area contributed by atoms with Crippen LogP contribution in [0.15, 0.2) is 39.6 Å². The van der Waals surface area contributed by atoms with Gasteiger partial charge in [-0.1, -0.05) is 48.0 Å². The molecule has 1 atom stereocenters. The Bertz CT molecular complexity index is 525. The topological polar surface area (TPSA) is 24.9 Å². The molecule has 21 heavy (non-hydrogen) atoms. The minimum atomic E-state index is 0.574. The molecule has 1 N–H and O–H groups in total. The molecule has 1 aromatic heterocycles. The number of aromatic nitrogens is 1. The molecule has 0 radical (unpaired) electrons. The minimum absolute atomic E-state index is 0.574. The lowest BCUT2D eigenvalue weighted by molar-refractivity contribution is 0.442. The monoisotopic (exact) mass is 366 g/mol. The lowest BCUT2D eigenvalue weighted by Crippen LogP contribution is -2.29. The molecule has 0 amide bonds. The van der Waals surface area contributed by atoms with Crippen molar-refractivity contribution in [2.75, 3.05) is 13.1 Å². The first-order valence-corrected chi connectivity index (χ1v) is 9.20. The summed E-state index contributed by atoms with van der Waals surface area (Å²) in [5, 5.41) is 5.76. The first kappa shape index (κ1) is 16.7. The molecule has 0 aliphatic rings. The van der Waals surface area contributed by atoms with Gasteiger partial charge in [-0.25, -0.2) is 4.98 Å². The summed E-state index contributed by atoms with van der Waals surface area (Å²) < 4.78 is 1.21. The first-order valence-electron chi connectivity index (χ1n) is 7.46. The maximum atomic E-state index is 4.44. The molecule has 1 unspecified atom stereocenters. The van der Waals surface area contributed by atoms with Crippen LogP contribution >= 0.6 is 27.3 Å². The summed E-state index contributed by atoms with van der Waals surface area (Å²) in [7, 11) is 0. The van der Waals surface area contributed by atoms with Gasteiger partial charge in [-0.3, -0.25) is 0 Å². The Labute approximate surface area is 140 Å². The Hall–Kier alpha value is -0.710. The van der Waals surface area contributed by atoms with E-state index < -0.39 is 0 Å². The van der Waals surface area contributed by atoms with Gasteiger partial charge in [0.2, 0.25) is 0 Å². The largest absolute Gasteiger partial charge is 0.316 e. The third-order valence-electron chi connectivity index (χ3n) is 3.43. The fourth-order valence-electron chi connectivity index (χ4n) is 2.40. The average molecular weight is 367 g/mol. The van der Waals surface area contributed by atoms with Crippen LogP contribution in [-0.2, 0) is 12.8 Å². The first-order chi connectivity index (χ1) is 10.1. The zero-order chi connectivity index (χ0) is 15.1. The number of hydrogen-bond donors (Lipinski definition) is 1. The molecule has 1 heterocycles. The van der Waals surface area contributed by atoms with Crippen molar-refractivity contribution in [1.82, 2.24) is 10.3 Å². The number of benzene rings is 1. The van der Waals surface area contributed by atoms with E-state index in [1.165, 1.54) is 15.7 Å². The molecule has 0 aliphatic carbocycles. The highest BCUT2D eigenvalue weighted by Crippen LogP contribution is 2.21. The molecule has 0 saturated carbocycles. The van der Waals surface area contributed by atoms with E-state index in [0.29, 0.717) is 11.8 Å². The Morgan fingerprint density at radius 2 is 2.00 bits per heavy atom. The fraction of sp³-hybridized carbons (Fsp3) is 0.471. The molecule has 114 valence electrons. The predicted molar refractivity (Wildman–Crippen MR) is 94.9 cm³/mol. The molecule has 0 aliphatic heterocycles. The van der Waals surface area contributed by atoms with E-state index in [0.717, 1.165) is 25.9 Å². The molecular formula is C17H23BrN2S. The van der Waals surface area contributed by atoms with E-state index in [1.807, 2.05) is 5.51 Å². The number of thiazole rings is 1. The van der Waals surface area contributed by atoms with Gasteiger partial charge in [0.25, 0.3) is 0 Å². The summed E-state index contributed by atoms with van der Waals surface area (Å²) in [4.78, 5) is 4.44. The summed E-state index contributed by atoms with van der Waals surface area (Å²) >= 11 is 5.34. The van der Waals surface area contributed by atoms with E-state index >= 15 is 0 Å². The number of halogens is 1. The summed E-state index contributed by atoms with van der Waals surface area (Å²) in [6.45, 7) is 6.60. The van der Waals surface area contributed by atoms with Crippen molar-refractivity contribution in [3.05, 3.63) is 50.9 Å². The number of nitrogens with one attached hydrogen (secondary N) is 1. The van der Waals surface area contributed by atoms with Crippen LogP contribution in [-0.4, -0.2) is 18.1 Å². The Balaban J connectivity index is 1.98. The maximum Gasteiger partial charge on any atom is 0.0794 e. The fourth-order valence-corrected chi connectivity index (χ4v) is 3.42. The second kappa shape index (κ2) is 8.66. The van der Waals surface area contributed by atoms with Crippen molar-refractivity contribution in [2.45, 2.75) is 26.7 Å². The zero-order valence-corrected chi connectivity index (χ0v) is 15.1. The summed E-state index contributed by atoms with van der Waals surface area (Å²) in [6, 6.07) is 8.51. The predicted octanol–water partition coefficient (Wildman–Crippen LogP) is 4.55. The third-order valence-corrected chi connectivity index (χ3v) is 4.84. The smallest absolute Gasteiger partial charge is 0.0794 e. The van der Waals surface area contributed by atoms with Crippen molar-refractivity contribution < 1.29 is 0 Å². The Morgan fingerprint density at radius 3 is 2.67 bits per heavy atom. The van der Waals surface area contributed by atoms with Gasteiger partial charge in [0, 0.05) is 9.85 Å². The van der Waals surface area contributed by atoms with Gasteiger partial charge in [-0.05, 0) is 49.4 Å². The molecule has 0 spiro atoms. The van der Waals surface area contributed by atoms with Gasteiger partial charge in [-0.15, -0.1) is 11.3 Å². The van der Waals surface area contributed by atoms with Crippen LogP contribution < -0.4 is 5.32 Å². The van der Waals surface area contributed by atoms with Crippen LogP contribution in [0.1, 0.15) is 25.1 Å². The van der Waals surface area contributed by atoms with Gasteiger partial charge >= 0.3 is 0 Å². The SMILES string of the molecule is CC(C)CNCC(Cc1cscn1)Cc1ccccc1Br. The maximum absolute atomic E-state index is 4.44. The summed E-state index contributed by atoms with van der Waals surface area (Å²) in [6.07, 6.45) is 2.11. The Morgan fingerprint density at radius 1 is 1.19 bits per heavy atom. The molecule has 4 heteroatoms. The summed E-state index contributed by atoms with van der Waals surface area (Å²) in [5.74, 6) is 1.26. The average Bonchev–Trinajstić information content (AvgIpc) is 2.93. The molecule has 2 aromatic rings. The second-order valence-electron chi connectivity index (χ2n) is 5.90. The minimum Gasteiger partial charge on any atom is -0.316 e. The third kappa shape index (κ3) is 5.89. The van der Waals surface area contributed by atoms with Crippen molar-refractivity contribution in [1.29, 1.82) is 0 Å². The van der Waals surface area contributed by atoms with Crippen molar-refractivity contribution in [3.8, 4) is 0 Å². The molecule has 0 saturated heterocycles. The highest BCUT2D eigenvalue weighted by atomic mass is 79.9. The molecule has 2 rings (SSSR count). The van der Waals surface area contributed by atoms with Crippen LogP contribution in [0.25, 0.3) is 0 Å². The number of nitrogens with zero attached hydrogens (tertiary/aromatic N) is 1. The van der Waals surface area contributed by atoms with Gasteiger partial charge in [0.05, 0.1) is 11.2 Å². The van der Waals surface area contributed by atoms with Gasteiger partial charge in [0.1, 0.15) is 0 Å². The summed E-state index contributed by atoms with van der Waals surface area (Å²) in [5.41, 5.74) is 4.51. The van der Waals surface area contributed by atoms with E-state index in [9.17, 15) is 0 Å². The number of hydrogen-bond acceptors (Lipinski definition) is 3. The van der Waals surface area contributed by atoms with Crippen LogP contribution in [0.4, 0.5) is 0 Å². The van der Waals surface area contributed by atoms with E-state index in [2.05, 4.69) is 69.7 Å². The van der Waals surface area contributed by atoms with Crippen LogP contribution in [0, 0.1) is 11.8 Å². The van der Waals surface area contributed by atoms with E-state index in [-0.39, 0.29) is 0 Å². The number of rotatable bonds is 8. The van der Waals surface area contributed by atoms with Gasteiger partial charge in [-0.2, -0.15) is 0 Å². The van der Waals surface area contributed by atoms with Crippen molar-refractivity contribution >= 4 is 27.3 Å². The van der Waals surface area contributed by atoms with Gasteiger partial charge in [0.15, 0.2) is 0 Å².